The van der Waals surface area contributed by atoms with Gasteiger partial charge in [-0.25, -0.2) is 0 Å². The number of β-amino-alcohol motifs (C(OH)–C–C–N with tert-alkyl or cyclic N) is 1. The van der Waals surface area contributed by atoms with Gasteiger partial charge in [-0.05, 0) is 49.9 Å². The number of nitrogens with zero attached hydrogens (tertiary/aromatic N) is 2. The molecule has 3 aromatic rings. The number of aromatic nitrogens is 1. The van der Waals surface area contributed by atoms with Gasteiger partial charge in [0.1, 0.15) is 5.76 Å². The van der Waals surface area contributed by atoms with E-state index in [0.717, 1.165) is 58.8 Å². The summed E-state index contributed by atoms with van der Waals surface area (Å²) in [6.45, 7) is 5.02. The van der Waals surface area contributed by atoms with Gasteiger partial charge >= 0.3 is 0 Å². The SMILES string of the molecule is Cc1noc(C)c1-c1ccc2c(c1)C(c1ccccc1)(N1CCC[C@H](O)C1)C(=O)N2. The summed E-state index contributed by atoms with van der Waals surface area (Å²) in [5.41, 5.74) is 4.39. The molecule has 0 spiro atoms. The van der Waals surface area contributed by atoms with E-state index >= 15 is 0 Å². The molecule has 1 amide bonds. The molecule has 154 valence electrons. The van der Waals surface area contributed by atoms with E-state index in [1.54, 1.807) is 0 Å². The number of benzene rings is 2. The fourth-order valence-corrected chi connectivity index (χ4v) is 5.06. The van der Waals surface area contributed by atoms with Crippen molar-refractivity contribution < 1.29 is 14.4 Å². The van der Waals surface area contributed by atoms with Crippen LogP contribution in [-0.4, -0.2) is 40.3 Å². The Labute approximate surface area is 175 Å². The van der Waals surface area contributed by atoms with Crippen LogP contribution in [0.5, 0.6) is 0 Å². The third kappa shape index (κ3) is 2.71. The van der Waals surface area contributed by atoms with Crippen LogP contribution < -0.4 is 5.32 Å². The number of likely N-dealkylation sites (tertiary alicyclic amines) is 1. The number of piperidine rings is 1. The molecule has 6 nitrogen and oxygen atoms in total. The Morgan fingerprint density at radius 2 is 2.00 bits per heavy atom. The van der Waals surface area contributed by atoms with Crippen LogP contribution >= 0.6 is 0 Å². The van der Waals surface area contributed by atoms with Crippen LogP contribution in [0.2, 0.25) is 0 Å². The second-order valence-electron chi connectivity index (χ2n) is 8.23. The number of hydrogen-bond acceptors (Lipinski definition) is 5. The molecule has 0 aliphatic carbocycles. The van der Waals surface area contributed by atoms with Crippen molar-refractivity contribution in [3.05, 3.63) is 71.1 Å². The molecule has 0 radical (unpaired) electrons. The van der Waals surface area contributed by atoms with Crippen LogP contribution in [0.4, 0.5) is 5.69 Å². The monoisotopic (exact) mass is 403 g/mol. The molecule has 2 atom stereocenters. The normalized spacial score (nSPS) is 24.0. The van der Waals surface area contributed by atoms with E-state index in [9.17, 15) is 9.90 Å². The van der Waals surface area contributed by atoms with E-state index in [-0.39, 0.29) is 5.91 Å². The quantitative estimate of drug-likeness (QED) is 0.699. The molecule has 1 aromatic heterocycles. The Bertz CT molecular complexity index is 1090. The van der Waals surface area contributed by atoms with E-state index in [2.05, 4.69) is 21.4 Å². The van der Waals surface area contributed by atoms with Crippen molar-refractivity contribution >= 4 is 11.6 Å². The summed E-state index contributed by atoms with van der Waals surface area (Å²) < 4.78 is 5.38. The van der Waals surface area contributed by atoms with Crippen LogP contribution in [0.1, 0.15) is 35.4 Å². The number of aliphatic hydroxyl groups is 1. The van der Waals surface area contributed by atoms with Crippen molar-refractivity contribution in [2.45, 2.75) is 38.3 Å². The minimum atomic E-state index is -0.979. The van der Waals surface area contributed by atoms with Gasteiger partial charge in [0.05, 0.1) is 11.8 Å². The molecular formula is C24H25N3O3. The number of rotatable bonds is 3. The fraction of sp³-hybridized carbons (Fsp3) is 0.333. The second-order valence-corrected chi connectivity index (χ2v) is 8.23. The van der Waals surface area contributed by atoms with Crippen LogP contribution in [0.15, 0.2) is 53.1 Å². The maximum absolute atomic E-state index is 13.6. The van der Waals surface area contributed by atoms with E-state index in [1.165, 1.54) is 0 Å². The van der Waals surface area contributed by atoms with Crippen LogP contribution in [0.25, 0.3) is 11.1 Å². The maximum atomic E-state index is 13.6. The highest BCUT2D eigenvalue weighted by Crippen LogP contribution is 2.48. The number of hydrogen-bond donors (Lipinski definition) is 2. The van der Waals surface area contributed by atoms with E-state index < -0.39 is 11.6 Å². The molecule has 5 rings (SSSR count). The van der Waals surface area contributed by atoms with E-state index in [1.807, 2.05) is 56.3 Å². The van der Waals surface area contributed by atoms with Crippen molar-refractivity contribution in [2.75, 3.05) is 18.4 Å². The van der Waals surface area contributed by atoms with Gasteiger partial charge in [0.2, 0.25) is 0 Å². The first kappa shape index (κ1) is 19.0. The Kier molecular flexibility index (Phi) is 4.49. The third-order valence-corrected chi connectivity index (χ3v) is 6.37. The van der Waals surface area contributed by atoms with Gasteiger partial charge in [-0.2, -0.15) is 0 Å². The number of anilines is 1. The number of carbonyl (C=O) groups excluding carboxylic acids is 1. The number of nitrogens with one attached hydrogen (secondary N) is 1. The predicted molar refractivity (Wildman–Crippen MR) is 114 cm³/mol. The Morgan fingerprint density at radius 1 is 1.20 bits per heavy atom. The molecular weight excluding hydrogens is 378 g/mol. The van der Waals surface area contributed by atoms with Crippen molar-refractivity contribution in [2.24, 2.45) is 0 Å². The van der Waals surface area contributed by atoms with Gasteiger partial charge in [-0.3, -0.25) is 9.69 Å². The average Bonchev–Trinajstić information content (AvgIpc) is 3.24. The van der Waals surface area contributed by atoms with Crippen molar-refractivity contribution in [3.63, 3.8) is 0 Å². The lowest BCUT2D eigenvalue weighted by Gasteiger charge is -2.43. The van der Waals surface area contributed by atoms with Crippen LogP contribution in [0.3, 0.4) is 0 Å². The summed E-state index contributed by atoms with van der Waals surface area (Å²) in [6.07, 6.45) is 1.17. The summed E-state index contributed by atoms with van der Waals surface area (Å²) in [5, 5.41) is 17.6. The average molecular weight is 403 g/mol. The summed E-state index contributed by atoms with van der Waals surface area (Å²) in [5.74, 6) is 0.678. The molecule has 3 heterocycles. The zero-order valence-electron chi connectivity index (χ0n) is 17.2. The topological polar surface area (TPSA) is 78.6 Å². The molecule has 30 heavy (non-hydrogen) atoms. The largest absolute Gasteiger partial charge is 0.392 e. The summed E-state index contributed by atoms with van der Waals surface area (Å²) in [6, 6.07) is 15.9. The Hall–Kier alpha value is -2.96. The lowest BCUT2D eigenvalue weighted by atomic mass is 9.79. The van der Waals surface area contributed by atoms with Gasteiger partial charge in [0.25, 0.3) is 5.91 Å². The highest BCUT2D eigenvalue weighted by Gasteiger charge is 2.53. The van der Waals surface area contributed by atoms with E-state index in [4.69, 9.17) is 4.52 Å². The van der Waals surface area contributed by atoms with Crippen molar-refractivity contribution in [1.82, 2.24) is 10.1 Å². The Balaban J connectivity index is 1.75. The van der Waals surface area contributed by atoms with Gasteiger partial charge in [0.15, 0.2) is 5.54 Å². The first-order chi connectivity index (χ1) is 14.5. The van der Waals surface area contributed by atoms with Gasteiger partial charge in [-0.15, -0.1) is 0 Å². The lowest BCUT2D eigenvalue weighted by Crippen LogP contribution is -2.56. The number of aryl methyl sites for hydroxylation is 2. The minimum absolute atomic E-state index is 0.0753. The van der Waals surface area contributed by atoms with Gasteiger partial charge < -0.3 is 14.9 Å². The van der Waals surface area contributed by atoms with Crippen molar-refractivity contribution in [3.8, 4) is 11.1 Å². The minimum Gasteiger partial charge on any atom is -0.392 e. The molecule has 2 aliphatic heterocycles. The maximum Gasteiger partial charge on any atom is 0.254 e. The smallest absolute Gasteiger partial charge is 0.254 e. The molecule has 2 aliphatic rings. The highest BCUT2D eigenvalue weighted by atomic mass is 16.5. The Morgan fingerprint density at radius 3 is 2.70 bits per heavy atom. The zero-order chi connectivity index (χ0) is 20.9. The summed E-state index contributed by atoms with van der Waals surface area (Å²) >= 11 is 0. The summed E-state index contributed by atoms with van der Waals surface area (Å²) in [7, 11) is 0. The lowest BCUT2D eigenvalue weighted by molar-refractivity contribution is -0.127. The van der Waals surface area contributed by atoms with Crippen molar-refractivity contribution in [1.29, 1.82) is 0 Å². The fourth-order valence-electron chi connectivity index (χ4n) is 5.06. The first-order valence-corrected chi connectivity index (χ1v) is 10.4. The number of amides is 1. The highest BCUT2D eigenvalue weighted by molar-refractivity contribution is 6.09. The number of fused-ring (bicyclic) bond motifs is 1. The van der Waals surface area contributed by atoms with Gasteiger partial charge in [0, 0.05) is 29.9 Å². The molecule has 1 unspecified atom stereocenters. The molecule has 6 heteroatoms. The third-order valence-electron chi connectivity index (χ3n) is 6.37. The number of carbonyl (C=O) groups is 1. The number of aliphatic hydroxyl groups excluding tert-OH is 1. The standard InChI is InChI=1S/C24H25N3O3/c1-15-22(16(2)30-26-15)17-10-11-21-20(13-17)24(23(29)25-21,18-7-4-3-5-8-18)27-12-6-9-19(28)14-27/h3-5,7-8,10-11,13,19,28H,6,9,12,14H2,1-2H3,(H,25,29)/t19-,24?/m0/s1. The second kappa shape index (κ2) is 7.07. The van der Waals surface area contributed by atoms with E-state index in [0.29, 0.717) is 6.54 Å². The predicted octanol–water partition coefficient (Wildman–Crippen LogP) is 3.61. The van der Waals surface area contributed by atoms with Crippen LogP contribution in [-0.2, 0) is 10.3 Å². The molecule has 2 N–H and O–H groups in total. The molecule has 0 saturated carbocycles. The molecule has 1 fully saturated rings. The van der Waals surface area contributed by atoms with Gasteiger partial charge in [-0.1, -0.05) is 41.6 Å². The first-order valence-electron chi connectivity index (χ1n) is 10.4. The van der Waals surface area contributed by atoms with Crippen LogP contribution in [0, 0.1) is 13.8 Å². The summed E-state index contributed by atoms with van der Waals surface area (Å²) in [4.78, 5) is 15.8. The zero-order valence-corrected chi connectivity index (χ0v) is 17.2. The molecule has 2 aromatic carbocycles. The molecule has 0 bridgehead atoms. The molecule has 1 saturated heterocycles.